The van der Waals surface area contributed by atoms with Crippen LogP contribution in [0.4, 0.5) is 19.2 Å². The maximum absolute atomic E-state index is 11.3. The Bertz CT molecular complexity index is 1540. The summed E-state index contributed by atoms with van der Waals surface area (Å²) in [5.74, 6) is -0.265. The second-order valence-electron chi connectivity index (χ2n) is 17.2. The lowest BCUT2D eigenvalue weighted by Crippen LogP contribution is -2.29. The molecule has 57 heavy (non-hydrogen) atoms. The number of likely N-dealkylation sites (N-methyl/N-ethyl adjacent to an activating group) is 1. The Morgan fingerprint density at radius 1 is 0.632 bits per heavy atom. The summed E-state index contributed by atoms with van der Waals surface area (Å²) in [5, 5.41) is 12.3. The number of carbonyl (C=O) groups is 5. The molecule has 0 spiro atoms. The van der Waals surface area contributed by atoms with Crippen molar-refractivity contribution in [3.05, 3.63) is 69.8 Å². The molecule has 0 saturated heterocycles. The summed E-state index contributed by atoms with van der Waals surface area (Å²) >= 11 is 0. The van der Waals surface area contributed by atoms with E-state index in [1.807, 2.05) is 24.3 Å². The fourth-order valence-electron chi connectivity index (χ4n) is 4.79. The first-order chi connectivity index (χ1) is 26.1. The van der Waals surface area contributed by atoms with Crippen LogP contribution in [-0.4, -0.2) is 90.2 Å². The number of ether oxygens (including phenoxy) is 7. The minimum atomic E-state index is -1.06. The van der Waals surface area contributed by atoms with Gasteiger partial charge in [-0.15, -0.1) is 0 Å². The van der Waals surface area contributed by atoms with Gasteiger partial charge in [-0.2, -0.15) is 0 Å². The molecule has 2 N–H and O–H groups in total. The van der Waals surface area contributed by atoms with Gasteiger partial charge < -0.3 is 48.5 Å². The molecule has 2 aromatic carbocycles. The average Bonchev–Trinajstić information content (AvgIpc) is 3.04. The third kappa shape index (κ3) is 23.2. The number of nitrogens with one attached hydrogen (secondary N) is 1. The Labute approximate surface area is 337 Å². The molecule has 2 aromatic rings. The van der Waals surface area contributed by atoms with Crippen molar-refractivity contribution in [1.29, 1.82) is 0 Å². The van der Waals surface area contributed by atoms with Crippen molar-refractivity contribution >= 4 is 30.6 Å². The zero-order valence-electron chi connectivity index (χ0n) is 36.2. The van der Waals surface area contributed by atoms with Crippen LogP contribution in [0.5, 0.6) is 0 Å². The fraction of sp³-hybridized carbons (Fsp3) is 0.595. The van der Waals surface area contributed by atoms with Crippen LogP contribution >= 0.6 is 0 Å². The number of esters is 1. The molecule has 0 aliphatic carbocycles. The van der Waals surface area contributed by atoms with Crippen LogP contribution in [0.3, 0.4) is 0 Å². The lowest BCUT2D eigenvalue weighted by atomic mass is 9.98. The van der Waals surface area contributed by atoms with Gasteiger partial charge in [0.05, 0.1) is 19.3 Å². The number of aliphatic hydroxyl groups is 1. The molecule has 0 bridgehead atoms. The molecule has 0 radical (unpaired) electrons. The van der Waals surface area contributed by atoms with Gasteiger partial charge in [-0.1, -0.05) is 24.3 Å². The average molecular weight is 805 g/mol. The summed E-state index contributed by atoms with van der Waals surface area (Å²) in [5.41, 5.74) is 4.23. The van der Waals surface area contributed by atoms with Crippen LogP contribution in [-0.2, 0) is 65.7 Å². The molecule has 2 aliphatic rings. The molecule has 15 heteroatoms. The van der Waals surface area contributed by atoms with Crippen LogP contribution in [0, 0.1) is 0 Å². The third-order valence-corrected chi connectivity index (χ3v) is 7.06. The summed E-state index contributed by atoms with van der Waals surface area (Å²) in [6.45, 7) is 24.2. The van der Waals surface area contributed by atoms with E-state index in [1.165, 1.54) is 29.4 Å². The molecule has 2 heterocycles. The molecule has 0 saturated carbocycles. The molecule has 320 valence electrons. The third-order valence-electron chi connectivity index (χ3n) is 7.06. The van der Waals surface area contributed by atoms with Crippen molar-refractivity contribution in [3.8, 4) is 0 Å². The number of methoxy groups -OCH3 is 1. The fourth-order valence-corrected chi connectivity index (χ4v) is 4.79. The molecular weight excluding hydrogens is 740 g/mol. The van der Waals surface area contributed by atoms with E-state index < -0.39 is 47.0 Å². The number of carbonyl (C=O) groups excluding carboxylic acids is 5. The Kier molecular flexibility index (Phi) is 19.7. The van der Waals surface area contributed by atoms with E-state index in [-0.39, 0.29) is 12.6 Å². The van der Waals surface area contributed by atoms with Crippen LogP contribution in [0.2, 0.25) is 0 Å². The first-order valence-electron chi connectivity index (χ1n) is 18.7. The van der Waals surface area contributed by atoms with Gasteiger partial charge in [0.25, 0.3) is 0 Å². The number of aliphatic hydroxyl groups excluding tert-OH is 1. The lowest BCUT2D eigenvalue weighted by molar-refractivity contribution is -0.0318. The Balaban J connectivity index is 0.000000380. The minimum absolute atomic E-state index is 0.150. The first-order valence-corrected chi connectivity index (χ1v) is 18.7. The topological polar surface area (TPSA) is 185 Å². The van der Waals surface area contributed by atoms with Crippen molar-refractivity contribution in [3.63, 3.8) is 0 Å². The summed E-state index contributed by atoms with van der Waals surface area (Å²) in [7, 11) is 3.54. The van der Waals surface area contributed by atoms with E-state index in [0.717, 1.165) is 44.6 Å². The number of fused-ring (bicyclic) bond motifs is 2. The van der Waals surface area contributed by atoms with Gasteiger partial charge in [-0.25, -0.2) is 24.0 Å². The smallest absolute Gasteiger partial charge is 0.465 e. The molecule has 4 rings (SSSR count). The Hall–Kier alpha value is -4.73. The highest BCUT2D eigenvalue weighted by Gasteiger charge is 2.25. The number of hydrogen-bond acceptors (Lipinski definition) is 15. The summed E-state index contributed by atoms with van der Waals surface area (Å²) in [6, 6.07) is 12.0. The summed E-state index contributed by atoms with van der Waals surface area (Å²) in [4.78, 5) is 57.6. The predicted octanol–water partition coefficient (Wildman–Crippen LogP) is 8.03. The van der Waals surface area contributed by atoms with Crippen LogP contribution in [0.25, 0.3) is 0 Å². The predicted molar refractivity (Wildman–Crippen MR) is 213 cm³/mol. The Morgan fingerprint density at radius 3 is 1.49 bits per heavy atom. The van der Waals surface area contributed by atoms with E-state index in [9.17, 15) is 24.0 Å². The highest BCUT2D eigenvalue weighted by molar-refractivity contribution is 5.89. The highest BCUT2D eigenvalue weighted by Crippen LogP contribution is 2.20. The highest BCUT2D eigenvalue weighted by atomic mass is 16.8. The standard InChI is InChI=1S/C11H13NO2.C11H15NO.2C10H18O5/c1-14-11(13)9-3-2-8-4-5-12-7-10(8)6-9;1-12-5-4-10-3-2-9(8-13)6-11(10)7-12;2*1-9(2,3)14-7(11)13-8(12)15-10(4,5)6/h2-3,6,12H,4-5,7H2,1H3;2-3,6,13H,4-5,7-8H2,1H3;2*1-6H3. The van der Waals surface area contributed by atoms with Gasteiger partial charge in [-0.05, 0) is 149 Å². The van der Waals surface area contributed by atoms with Crippen molar-refractivity contribution < 1.29 is 62.2 Å². The monoisotopic (exact) mass is 804 g/mol. The van der Waals surface area contributed by atoms with Gasteiger partial charge in [0, 0.05) is 19.6 Å². The second kappa shape index (κ2) is 22.3. The van der Waals surface area contributed by atoms with Gasteiger partial charge in [0.2, 0.25) is 0 Å². The van der Waals surface area contributed by atoms with Crippen molar-refractivity contribution in [2.45, 2.75) is 138 Å². The molecule has 15 nitrogen and oxygen atoms in total. The zero-order valence-corrected chi connectivity index (χ0v) is 36.2. The zero-order chi connectivity index (χ0) is 43.8. The first kappa shape index (κ1) is 50.3. The van der Waals surface area contributed by atoms with Crippen LogP contribution in [0.15, 0.2) is 36.4 Å². The number of rotatable bonds is 2. The van der Waals surface area contributed by atoms with Crippen molar-refractivity contribution in [2.75, 3.05) is 27.2 Å². The molecule has 2 aliphatic heterocycles. The van der Waals surface area contributed by atoms with Crippen molar-refractivity contribution in [1.82, 2.24) is 10.2 Å². The molecule has 0 fully saturated rings. The SMILES string of the molecule is CC(C)(C)OC(=O)OC(=O)OC(C)(C)C.CC(C)(C)OC(=O)OC(=O)OC(C)(C)C.CN1CCc2ccc(CO)cc2C1.COC(=O)c1ccc2c(c1)CNCC2. The molecule has 0 amide bonds. The molecule has 0 atom stereocenters. The second-order valence-corrected chi connectivity index (χ2v) is 17.2. The quantitative estimate of drug-likeness (QED) is 0.169. The number of benzene rings is 2. The van der Waals surface area contributed by atoms with E-state index in [1.54, 1.807) is 83.1 Å². The van der Waals surface area contributed by atoms with Gasteiger partial charge in [0.1, 0.15) is 22.4 Å². The van der Waals surface area contributed by atoms with E-state index in [0.29, 0.717) is 5.56 Å². The normalized spacial score (nSPS) is 13.7. The molecule has 0 unspecified atom stereocenters. The van der Waals surface area contributed by atoms with Crippen LogP contribution in [0.1, 0.15) is 121 Å². The summed E-state index contributed by atoms with van der Waals surface area (Å²) < 4.78 is 32.3. The maximum Gasteiger partial charge on any atom is 0.519 e. The van der Waals surface area contributed by atoms with Crippen LogP contribution < -0.4 is 5.32 Å². The van der Waals surface area contributed by atoms with E-state index in [4.69, 9.17) is 24.1 Å². The van der Waals surface area contributed by atoms with E-state index in [2.05, 4.69) is 43.6 Å². The van der Waals surface area contributed by atoms with Gasteiger partial charge in [-0.3, -0.25) is 0 Å². The summed E-state index contributed by atoms with van der Waals surface area (Å²) in [6.07, 6.45) is -2.06. The van der Waals surface area contributed by atoms with Crippen molar-refractivity contribution in [2.24, 2.45) is 0 Å². The van der Waals surface area contributed by atoms with E-state index >= 15 is 0 Å². The lowest BCUT2D eigenvalue weighted by Gasteiger charge is -2.25. The minimum Gasteiger partial charge on any atom is -0.465 e. The maximum atomic E-state index is 11.3. The molecule has 0 aromatic heterocycles. The largest absolute Gasteiger partial charge is 0.519 e. The van der Waals surface area contributed by atoms with Gasteiger partial charge in [0.15, 0.2) is 0 Å². The molecular formula is C42H64N2O13. The number of nitrogens with zero attached hydrogens (tertiary/aromatic N) is 1. The number of hydrogen-bond donors (Lipinski definition) is 2. The van der Waals surface area contributed by atoms with Gasteiger partial charge >= 0.3 is 30.6 Å². The Morgan fingerprint density at radius 2 is 1.07 bits per heavy atom.